The maximum Gasteiger partial charge on any atom is 0.451 e. The molecule has 0 spiro atoms. The van der Waals surface area contributed by atoms with E-state index in [1.54, 1.807) is 12.1 Å². The second kappa shape index (κ2) is 6.52. The number of nitrogens with zero attached hydrogens (tertiary/aromatic N) is 3. The van der Waals surface area contributed by atoms with E-state index in [1.807, 2.05) is 0 Å². The molecule has 0 bridgehead atoms. The summed E-state index contributed by atoms with van der Waals surface area (Å²) in [6.07, 6.45) is -0.00232. The first-order valence-corrected chi connectivity index (χ1v) is 7.29. The number of rotatable bonds is 4. The molecular weight excluding hydrogens is 323 g/mol. The van der Waals surface area contributed by atoms with Crippen LogP contribution in [-0.2, 0) is 17.5 Å². The van der Waals surface area contributed by atoms with Crippen molar-refractivity contribution in [2.24, 2.45) is 0 Å². The van der Waals surface area contributed by atoms with Gasteiger partial charge in [-0.3, -0.25) is 9.78 Å². The fourth-order valence-corrected chi connectivity index (χ4v) is 2.19. The molecule has 1 atom stereocenters. The summed E-state index contributed by atoms with van der Waals surface area (Å²) in [6, 6.07) is 3.17. The van der Waals surface area contributed by atoms with Crippen molar-refractivity contribution in [1.82, 2.24) is 25.6 Å². The first-order valence-electron chi connectivity index (χ1n) is 7.29. The molecule has 0 unspecified atom stereocenters. The summed E-state index contributed by atoms with van der Waals surface area (Å²) in [7, 11) is 0. The number of hydrogen-bond acceptors (Lipinski definition) is 5. The molecule has 1 fully saturated rings. The zero-order valence-corrected chi connectivity index (χ0v) is 12.5. The van der Waals surface area contributed by atoms with Gasteiger partial charge in [-0.05, 0) is 30.7 Å². The van der Waals surface area contributed by atoms with Gasteiger partial charge >= 0.3 is 6.18 Å². The maximum absolute atomic E-state index is 12.5. The summed E-state index contributed by atoms with van der Waals surface area (Å²) < 4.78 is 37.4. The van der Waals surface area contributed by atoms with E-state index in [-0.39, 0.29) is 18.5 Å². The monoisotopic (exact) mass is 337 g/mol. The first-order chi connectivity index (χ1) is 11.4. The van der Waals surface area contributed by atoms with Crippen LogP contribution in [0.2, 0.25) is 0 Å². The van der Waals surface area contributed by atoms with Gasteiger partial charge in [0.25, 0.3) is 0 Å². The topological polar surface area (TPSA) is 79.8 Å². The Balaban J connectivity index is 1.69. The van der Waals surface area contributed by atoms with Gasteiger partial charge in [0.05, 0.1) is 18.3 Å². The van der Waals surface area contributed by atoms with Gasteiger partial charge in [-0.2, -0.15) is 13.2 Å². The molecular formula is C15H14F3N5O. The fraction of sp³-hybridized carbons (Fsp3) is 0.333. The van der Waals surface area contributed by atoms with Crippen LogP contribution in [0.4, 0.5) is 13.2 Å². The lowest BCUT2D eigenvalue weighted by Crippen LogP contribution is -2.53. The zero-order valence-electron chi connectivity index (χ0n) is 12.5. The van der Waals surface area contributed by atoms with E-state index in [1.165, 1.54) is 6.20 Å². The van der Waals surface area contributed by atoms with Crippen LogP contribution in [-0.4, -0.2) is 33.4 Å². The molecule has 2 N–H and O–H groups in total. The molecule has 9 heteroatoms. The molecule has 1 aliphatic heterocycles. The van der Waals surface area contributed by atoms with Crippen molar-refractivity contribution in [2.75, 3.05) is 6.54 Å². The van der Waals surface area contributed by atoms with E-state index in [9.17, 15) is 18.0 Å². The third kappa shape index (κ3) is 3.67. The molecule has 0 saturated carbocycles. The molecule has 0 radical (unpaired) electrons. The number of nitrogens with one attached hydrogen (secondary N) is 2. The third-order valence-electron chi connectivity index (χ3n) is 3.64. The van der Waals surface area contributed by atoms with Crippen molar-refractivity contribution in [2.45, 2.75) is 25.2 Å². The summed E-state index contributed by atoms with van der Waals surface area (Å²) in [5.74, 6) is -1.27. The van der Waals surface area contributed by atoms with Gasteiger partial charge in [-0.25, -0.2) is 9.97 Å². The van der Waals surface area contributed by atoms with Crippen LogP contribution < -0.4 is 10.6 Å². The molecule has 1 amide bonds. The van der Waals surface area contributed by atoms with Crippen LogP contribution in [0.5, 0.6) is 0 Å². The van der Waals surface area contributed by atoms with Gasteiger partial charge in [0.15, 0.2) is 0 Å². The number of amides is 1. The highest BCUT2D eigenvalue weighted by Gasteiger charge is 2.34. The van der Waals surface area contributed by atoms with Crippen molar-refractivity contribution < 1.29 is 18.0 Å². The van der Waals surface area contributed by atoms with Crippen LogP contribution in [0.25, 0.3) is 11.1 Å². The summed E-state index contributed by atoms with van der Waals surface area (Å²) >= 11 is 0. The predicted molar refractivity (Wildman–Crippen MR) is 78.5 cm³/mol. The van der Waals surface area contributed by atoms with Gasteiger partial charge in [0, 0.05) is 24.2 Å². The number of hydrogen-bond donors (Lipinski definition) is 2. The van der Waals surface area contributed by atoms with Gasteiger partial charge in [0.1, 0.15) is 0 Å². The summed E-state index contributed by atoms with van der Waals surface area (Å²) in [4.78, 5) is 22.6. The largest absolute Gasteiger partial charge is 0.451 e. The van der Waals surface area contributed by atoms with Crippen molar-refractivity contribution >= 4 is 5.91 Å². The van der Waals surface area contributed by atoms with Crippen LogP contribution in [0.15, 0.2) is 30.7 Å². The number of aromatic nitrogens is 3. The minimum atomic E-state index is -4.57. The zero-order chi connectivity index (χ0) is 17.2. The summed E-state index contributed by atoms with van der Waals surface area (Å²) in [5, 5.41) is 5.76. The van der Waals surface area contributed by atoms with E-state index < -0.39 is 12.0 Å². The molecule has 6 nitrogen and oxygen atoms in total. The SMILES string of the molecule is O=C(NCc1cc(-c2cnc(C(F)(F)F)nc2)ccn1)[C@@H]1CCN1. The standard InChI is InChI=1S/C15H14F3N5O/c16-15(17,18)14-22-6-10(7-23-14)9-1-3-19-11(5-9)8-21-13(24)12-2-4-20-12/h1,3,5-7,12,20H,2,4,8H2,(H,21,24)/t12-/m0/s1. The Bertz CT molecular complexity index is 729. The molecule has 2 aromatic heterocycles. The minimum Gasteiger partial charge on any atom is -0.349 e. The van der Waals surface area contributed by atoms with Gasteiger partial charge in [-0.15, -0.1) is 0 Å². The Morgan fingerprint density at radius 2 is 1.96 bits per heavy atom. The summed E-state index contributed by atoms with van der Waals surface area (Å²) in [6.45, 7) is 1.08. The quantitative estimate of drug-likeness (QED) is 0.885. The van der Waals surface area contributed by atoms with Crippen LogP contribution in [0.3, 0.4) is 0 Å². The Morgan fingerprint density at radius 3 is 2.54 bits per heavy atom. The Morgan fingerprint density at radius 1 is 1.25 bits per heavy atom. The lowest BCUT2D eigenvalue weighted by Gasteiger charge is -2.26. The highest BCUT2D eigenvalue weighted by atomic mass is 19.4. The maximum atomic E-state index is 12.5. The molecule has 1 saturated heterocycles. The van der Waals surface area contributed by atoms with E-state index in [2.05, 4.69) is 25.6 Å². The second-order valence-corrected chi connectivity index (χ2v) is 5.34. The average Bonchev–Trinajstić information content (AvgIpc) is 2.51. The van der Waals surface area contributed by atoms with E-state index in [4.69, 9.17) is 0 Å². The number of pyridine rings is 1. The third-order valence-corrected chi connectivity index (χ3v) is 3.64. The Labute approximate surface area is 135 Å². The fourth-order valence-electron chi connectivity index (χ4n) is 2.19. The van der Waals surface area contributed by atoms with E-state index >= 15 is 0 Å². The van der Waals surface area contributed by atoms with Gasteiger partial charge in [0.2, 0.25) is 11.7 Å². The Hall–Kier alpha value is -2.55. The highest BCUT2D eigenvalue weighted by molar-refractivity contribution is 5.82. The number of carbonyl (C=O) groups is 1. The van der Waals surface area contributed by atoms with E-state index in [0.29, 0.717) is 16.8 Å². The first kappa shape index (κ1) is 16.3. The van der Waals surface area contributed by atoms with Crippen molar-refractivity contribution in [1.29, 1.82) is 0 Å². The molecule has 24 heavy (non-hydrogen) atoms. The van der Waals surface area contributed by atoms with Crippen molar-refractivity contribution in [3.8, 4) is 11.1 Å². The number of alkyl halides is 3. The van der Waals surface area contributed by atoms with E-state index in [0.717, 1.165) is 25.4 Å². The van der Waals surface area contributed by atoms with Gasteiger partial charge in [-0.1, -0.05) is 0 Å². The number of carbonyl (C=O) groups excluding carboxylic acids is 1. The lowest BCUT2D eigenvalue weighted by atomic mass is 10.1. The molecule has 126 valence electrons. The average molecular weight is 337 g/mol. The van der Waals surface area contributed by atoms with Crippen molar-refractivity contribution in [3.63, 3.8) is 0 Å². The minimum absolute atomic E-state index is 0.0914. The number of halogens is 3. The van der Waals surface area contributed by atoms with Crippen LogP contribution >= 0.6 is 0 Å². The summed E-state index contributed by atoms with van der Waals surface area (Å²) in [5.41, 5.74) is 1.67. The predicted octanol–water partition coefficient (Wildman–Crippen LogP) is 1.54. The Kier molecular flexibility index (Phi) is 4.43. The molecule has 0 aromatic carbocycles. The lowest BCUT2D eigenvalue weighted by molar-refractivity contribution is -0.145. The second-order valence-electron chi connectivity index (χ2n) is 5.34. The van der Waals surface area contributed by atoms with Gasteiger partial charge < -0.3 is 10.6 Å². The molecule has 3 heterocycles. The molecule has 3 rings (SSSR count). The van der Waals surface area contributed by atoms with Crippen molar-refractivity contribution in [3.05, 3.63) is 42.2 Å². The smallest absolute Gasteiger partial charge is 0.349 e. The van der Waals surface area contributed by atoms with Crippen LogP contribution in [0, 0.1) is 0 Å². The molecule has 1 aliphatic rings. The highest BCUT2D eigenvalue weighted by Crippen LogP contribution is 2.27. The normalized spacial score (nSPS) is 17.2. The van der Waals surface area contributed by atoms with Crippen LogP contribution in [0.1, 0.15) is 17.9 Å². The molecule has 0 aliphatic carbocycles. The molecule has 2 aromatic rings.